The zero-order valence-electron chi connectivity index (χ0n) is 9.26. The first-order valence-corrected chi connectivity index (χ1v) is 5.22. The van der Waals surface area contributed by atoms with Crippen LogP contribution in [0.3, 0.4) is 0 Å². The third-order valence-corrected chi connectivity index (χ3v) is 2.56. The monoisotopic (exact) mass is 217 g/mol. The molecule has 1 heterocycles. The van der Waals surface area contributed by atoms with Crippen LogP contribution in [-0.2, 0) is 25.0 Å². The van der Waals surface area contributed by atoms with Gasteiger partial charge in [0.05, 0.1) is 13.2 Å². The molecule has 1 aromatic carbocycles. The Morgan fingerprint density at radius 1 is 1.06 bits per heavy atom. The Morgan fingerprint density at radius 3 is 2.44 bits per heavy atom. The maximum Gasteiger partial charge on any atom is 0.190 e. The van der Waals surface area contributed by atoms with E-state index in [9.17, 15) is 5.11 Å². The first kappa shape index (κ1) is 10.8. The van der Waals surface area contributed by atoms with Crippen molar-refractivity contribution in [2.24, 2.45) is 7.05 Å². The van der Waals surface area contributed by atoms with Gasteiger partial charge in [0.15, 0.2) is 5.88 Å². The molecule has 0 spiro atoms. The van der Waals surface area contributed by atoms with E-state index in [1.54, 1.807) is 10.6 Å². The average molecular weight is 217 g/mol. The summed E-state index contributed by atoms with van der Waals surface area (Å²) in [5.74, 6) is 0.262. The maximum atomic E-state index is 9.36. The van der Waals surface area contributed by atoms with E-state index in [0.717, 1.165) is 11.3 Å². The van der Waals surface area contributed by atoms with E-state index >= 15 is 0 Å². The average Bonchev–Trinajstić information content (AvgIpc) is 2.62. The molecule has 16 heavy (non-hydrogen) atoms. The van der Waals surface area contributed by atoms with E-state index < -0.39 is 0 Å². The van der Waals surface area contributed by atoms with E-state index in [4.69, 9.17) is 4.74 Å². The van der Waals surface area contributed by atoms with E-state index in [1.165, 1.54) is 0 Å². The van der Waals surface area contributed by atoms with Crippen molar-refractivity contribution in [1.82, 2.24) is 4.57 Å². The fraction of sp³-hybridized carbons (Fsp3) is 0.231. The van der Waals surface area contributed by atoms with Gasteiger partial charge in [0, 0.05) is 18.8 Å². The molecule has 0 radical (unpaired) electrons. The van der Waals surface area contributed by atoms with Gasteiger partial charge in [-0.05, 0) is 11.6 Å². The minimum Gasteiger partial charge on any atom is -0.494 e. The third-order valence-electron chi connectivity index (χ3n) is 2.56. The molecular weight excluding hydrogens is 202 g/mol. The Hall–Kier alpha value is -1.74. The summed E-state index contributed by atoms with van der Waals surface area (Å²) < 4.78 is 7.28. The fourth-order valence-corrected chi connectivity index (χ4v) is 1.53. The predicted molar refractivity (Wildman–Crippen MR) is 62.0 cm³/mol. The van der Waals surface area contributed by atoms with Crippen molar-refractivity contribution in [2.45, 2.75) is 13.2 Å². The number of benzene rings is 1. The summed E-state index contributed by atoms with van der Waals surface area (Å²) in [5, 5.41) is 9.36. The van der Waals surface area contributed by atoms with Gasteiger partial charge in [0.2, 0.25) is 0 Å². The lowest BCUT2D eigenvalue weighted by Crippen LogP contribution is -1.99. The van der Waals surface area contributed by atoms with Gasteiger partial charge < -0.3 is 14.4 Å². The molecular formula is C13H15NO2. The summed E-state index contributed by atoms with van der Waals surface area (Å²) in [6.45, 7) is 1.10. The van der Waals surface area contributed by atoms with Crippen molar-refractivity contribution in [3.63, 3.8) is 0 Å². The van der Waals surface area contributed by atoms with Crippen molar-refractivity contribution >= 4 is 0 Å². The lowest BCUT2D eigenvalue weighted by atomic mass is 10.2. The van der Waals surface area contributed by atoms with Crippen LogP contribution in [0.25, 0.3) is 0 Å². The maximum absolute atomic E-state index is 9.36. The number of ether oxygens (including phenoxy) is 1. The number of aromatic nitrogens is 1. The minimum absolute atomic E-state index is 0.262. The molecule has 0 fully saturated rings. The highest BCUT2D eigenvalue weighted by Crippen LogP contribution is 2.14. The molecule has 2 rings (SSSR count). The van der Waals surface area contributed by atoms with Crippen LogP contribution in [0.1, 0.15) is 11.3 Å². The third kappa shape index (κ3) is 2.44. The van der Waals surface area contributed by atoms with Crippen molar-refractivity contribution < 1.29 is 9.84 Å². The predicted octanol–water partition coefficient (Wildman–Crippen LogP) is 2.45. The van der Waals surface area contributed by atoms with Gasteiger partial charge >= 0.3 is 0 Å². The molecule has 0 unspecified atom stereocenters. The first-order valence-electron chi connectivity index (χ1n) is 5.22. The lowest BCUT2D eigenvalue weighted by molar-refractivity contribution is 0.102. The molecule has 0 aliphatic carbocycles. The van der Waals surface area contributed by atoms with E-state index in [0.29, 0.717) is 13.2 Å². The van der Waals surface area contributed by atoms with E-state index in [2.05, 4.69) is 0 Å². The molecule has 2 aromatic rings. The molecule has 0 aliphatic heterocycles. The van der Waals surface area contributed by atoms with Crippen LogP contribution in [0, 0.1) is 0 Å². The number of hydrogen-bond acceptors (Lipinski definition) is 2. The van der Waals surface area contributed by atoms with Crippen LogP contribution in [-0.4, -0.2) is 9.67 Å². The van der Waals surface area contributed by atoms with Crippen molar-refractivity contribution in [1.29, 1.82) is 0 Å². The Morgan fingerprint density at radius 2 is 1.81 bits per heavy atom. The quantitative estimate of drug-likeness (QED) is 0.853. The molecule has 84 valence electrons. The van der Waals surface area contributed by atoms with Gasteiger partial charge in [-0.15, -0.1) is 0 Å². The lowest BCUT2D eigenvalue weighted by Gasteiger charge is -2.06. The van der Waals surface area contributed by atoms with Crippen molar-refractivity contribution in [3.05, 3.63) is 53.7 Å². The van der Waals surface area contributed by atoms with Gasteiger partial charge in [-0.25, -0.2) is 0 Å². The summed E-state index contributed by atoms with van der Waals surface area (Å²) in [4.78, 5) is 0. The summed E-state index contributed by atoms with van der Waals surface area (Å²) in [7, 11) is 1.82. The molecule has 0 amide bonds. The Labute approximate surface area is 94.9 Å². The first-order chi connectivity index (χ1) is 7.77. The zero-order chi connectivity index (χ0) is 11.4. The second-order valence-electron chi connectivity index (χ2n) is 3.72. The number of aromatic hydroxyl groups is 1. The SMILES string of the molecule is Cn1c(O)ccc1COCc1ccccc1. The normalized spacial score (nSPS) is 10.6. The molecule has 0 aliphatic rings. The Kier molecular flexibility index (Phi) is 3.27. The molecule has 0 saturated carbocycles. The molecule has 0 saturated heterocycles. The Bertz CT molecular complexity index is 448. The highest BCUT2D eigenvalue weighted by molar-refractivity contribution is 5.19. The molecule has 1 aromatic heterocycles. The highest BCUT2D eigenvalue weighted by Gasteiger charge is 2.02. The van der Waals surface area contributed by atoms with Gasteiger partial charge in [0.25, 0.3) is 0 Å². The van der Waals surface area contributed by atoms with Crippen molar-refractivity contribution in [2.75, 3.05) is 0 Å². The van der Waals surface area contributed by atoms with Gasteiger partial charge in [0.1, 0.15) is 0 Å². The van der Waals surface area contributed by atoms with Gasteiger partial charge in [-0.1, -0.05) is 30.3 Å². The highest BCUT2D eigenvalue weighted by atomic mass is 16.5. The van der Waals surface area contributed by atoms with Crippen LogP contribution in [0.4, 0.5) is 0 Å². The molecule has 1 N–H and O–H groups in total. The van der Waals surface area contributed by atoms with Gasteiger partial charge in [-0.2, -0.15) is 0 Å². The van der Waals surface area contributed by atoms with Crippen molar-refractivity contribution in [3.8, 4) is 5.88 Å². The second kappa shape index (κ2) is 4.86. The van der Waals surface area contributed by atoms with E-state index in [1.807, 2.05) is 43.4 Å². The molecule has 0 bridgehead atoms. The summed E-state index contributed by atoms with van der Waals surface area (Å²) >= 11 is 0. The number of hydrogen-bond donors (Lipinski definition) is 1. The number of nitrogens with zero attached hydrogens (tertiary/aromatic N) is 1. The fourth-order valence-electron chi connectivity index (χ4n) is 1.53. The summed E-state index contributed by atoms with van der Waals surface area (Å²) in [6, 6.07) is 13.6. The zero-order valence-corrected chi connectivity index (χ0v) is 9.26. The second-order valence-corrected chi connectivity index (χ2v) is 3.72. The molecule has 3 heteroatoms. The summed E-state index contributed by atoms with van der Waals surface area (Å²) in [6.07, 6.45) is 0. The summed E-state index contributed by atoms with van der Waals surface area (Å²) in [5.41, 5.74) is 2.12. The molecule has 0 atom stereocenters. The topological polar surface area (TPSA) is 34.4 Å². The molecule has 3 nitrogen and oxygen atoms in total. The van der Waals surface area contributed by atoms with Crippen LogP contribution in [0.5, 0.6) is 5.88 Å². The largest absolute Gasteiger partial charge is 0.494 e. The van der Waals surface area contributed by atoms with Crippen LogP contribution < -0.4 is 0 Å². The van der Waals surface area contributed by atoms with Gasteiger partial charge in [-0.3, -0.25) is 0 Å². The minimum atomic E-state index is 0.262. The smallest absolute Gasteiger partial charge is 0.190 e. The number of rotatable bonds is 4. The van der Waals surface area contributed by atoms with Crippen LogP contribution in [0.15, 0.2) is 42.5 Å². The van der Waals surface area contributed by atoms with Crippen LogP contribution >= 0.6 is 0 Å². The standard InChI is InChI=1S/C13H15NO2/c1-14-12(7-8-13(14)15)10-16-9-11-5-3-2-4-6-11/h2-8,15H,9-10H2,1H3. The Balaban J connectivity index is 1.87. The van der Waals surface area contributed by atoms with E-state index in [-0.39, 0.29) is 5.88 Å². The van der Waals surface area contributed by atoms with Crippen LogP contribution in [0.2, 0.25) is 0 Å².